The van der Waals surface area contributed by atoms with Gasteiger partial charge in [-0.05, 0) is 32.0 Å². The third-order valence-corrected chi connectivity index (χ3v) is 3.30. The molecule has 1 amide bonds. The summed E-state index contributed by atoms with van der Waals surface area (Å²) >= 11 is 5.70. The van der Waals surface area contributed by atoms with Gasteiger partial charge in [0.15, 0.2) is 0 Å². The van der Waals surface area contributed by atoms with Gasteiger partial charge >= 0.3 is 0 Å². The van der Waals surface area contributed by atoms with Crippen LogP contribution in [0.5, 0.6) is 0 Å². The minimum absolute atomic E-state index is 0.0166. The molecule has 3 nitrogen and oxygen atoms in total. The molecule has 2 atom stereocenters. The van der Waals surface area contributed by atoms with E-state index in [1.165, 1.54) is 18.2 Å². The van der Waals surface area contributed by atoms with Gasteiger partial charge in [-0.2, -0.15) is 0 Å². The molecule has 1 N–H and O–H groups in total. The Morgan fingerprint density at radius 2 is 2.00 bits per heavy atom. The molecule has 1 aliphatic heterocycles. The normalized spacial score (nSPS) is 24.1. The number of carbonyl (C=O) groups excluding carboxylic acids is 1. The third-order valence-electron chi connectivity index (χ3n) is 3.01. The van der Waals surface area contributed by atoms with Gasteiger partial charge in [0, 0.05) is 30.7 Å². The van der Waals surface area contributed by atoms with Gasteiger partial charge in [-0.15, -0.1) is 0 Å². The SMILES string of the molecule is CC1CN(C(=O)c2ccc(F)c(Cl)c2)CC(C)N1. The molecule has 1 fully saturated rings. The van der Waals surface area contributed by atoms with Gasteiger partial charge in [-0.25, -0.2) is 4.39 Å². The summed E-state index contributed by atoms with van der Waals surface area (Å²) in [7, 11) is 0. The van der Waals surface area contributed by atoms with E-state index in [1.807, 2.05) is 13.8 Å². The number of nitrogens with zero attached hydrogens (tertiary/aromatic N) is 1. The number of rotatable bonds is 1. The first-order valence-electron chi connectivity index (χ1n) is 5.97. The van der Waals surface area contributed by atoms with Crippen molar-refractivity contribution < 1.29 is 9.18 Å². The average molecular weight is 271 g/mol. The summed E-state index contributed by atoms with van der Waals surface area (Å²) in [5.74, 6) is -0.604. The molecule has 2 rings (SSSR count). The van der Waals surface area contributed by atoms with Crippen LogP contribution in [0.3, 0.4) is 0 Å². The Balaban J connectivity index is 2.17. The molecule has 0 spiro atoms. The second-order valence-electron chi connectivity index (χ2n) is 4.81. The van der Waals surface area contributed by atoms with Crippen LogP contribution < -0.4 is 5.32 Å². The summed E-state index contributed by atoms with van der Waals surface area (Å²) in [5.41, 5.74) is 0.433. The van der Waals surface area contributed by atoms with E-state index in [-0.39, 0.29) is 23.0 Å². The van der Waals surface area contributed by atoms with Gasteiger partial charge in [0.25, 0.3) is 5.91 Å². The van der Waals surface area contributed by atoms with E-state index in [1.54, 1.807) is 4.90 Å². The summed E-state index contributed by atoms with van der Waals surface area (Å²) in [6.45, 7) is 5.37. The Bertz CT molecular complexity index is 456. The highest BCUT2D eigenvalue weighted by atomic mass is 35.5. The maximum absolute atomic E-state index is 13.1. The number of halogens is 2. The van der Waals surface area contributed by atoms with Crippen LogP contribution in [-0.4, -0.2) is 36.0 Å². The van der Waals surface area contributed by atoms with Crippen molar-refractivity contribution in [1.82, 2.24) is 10.2 Å². The van der Waals surface area contributed by atoms with E-state index < -0.39 is 5.82 Å². The van der Waals surface area contributed by atoms with Crippen LogP contribution in [-0.2, 0) is 0 Å². The highest BCUT2D eigenvalue weighted by molar-refractivity contribution is 6.31. The Morgan fingerprint density at radius 1 is 1.39 bits per heavy atom. The maximum atomic E-state index is 13.1. The molecule has 1 aromatic carbocycles. The first kappa shape index (κ1) is 13.3. The zero-order valence-corrected chi connectivity index (χ0v) is 11.2. The summed E-state index contributed by atoms with van der Waals surface area (Å²) < 4.78 is 13.1. The summed E-state index contributed by atoms with van der Waals surface area (Å²) in [6, 6.07) is 4.60. The number of benzene rings is 1. The average Bonchev–Trinajstić information content (AvgIpc) is 2.30. The molecule has 0 bridgehead atoms. The van der Waals surface area contributed by atoms with Gasteiger partial charge in [0.05, 0.1) is 5.02 Å². The van der Waals surface area contributed by atoms with E-state index in [9.17, 15) is 9.18 Å². The predicted molar refractivity (Wildman–Crippen MR) is 69.4 cm³/mol. The van der Waals surface area contributed by atoms with Gasteiger partial charge in [0.1, 0.15) is 5.82 Å². The first-order chi connectivity index (χ1) is 8.47. The fraction of sp³-hybridized carbons (Fsp3) is 0.462. The Labute approximate surface area is 111 Å². The van der Waals surface area contributed by atoms with E-state index in [0.717, 1.165) is 0 Å². The quantitative estimate of drug-likeness (QED) is 0.849. The number of nitrogens with one attached hydrogen (secondary N) is 1. The van der Waals surface area contributed by atoms with Gasteiger partial charge < -0.3 is 10.2 Å². The molecule has 0 aromatic heterocycles. The van der Waals surface area contributed by atoms with E-state index in [2.05, 4.69) is 5.32 Å². The van der Waals surface area contributed by atoms with Crippen LogP contribution in [0, 0.1) is 5.82 Å². The van der Waals surface area contributed by atoms with Gasteiger partial charge in [0.2, 0.25) is 0 Å². The summed E-state index contributed by atoms with van der Waals surface area (Å²) in [5, 5.41) is 3.34. The van der Waals surface area contributed by atoms with Crippen molar-refractivity contribution in [3.63, 3.8) is 0 Å². The Morgan fingerprint density at radius 3 is 2.56 bits per heavy atom. The molecule has 0 aliphatic carbocycles. The second kappa shape index (κ2) is 5.24. The number of hydrogen-bond acceptors (Lipinski definition) is 2. The molecule has 1 heterocycles. The molecule has 1 saturated heterocycles. The van der Waals surface area contributed by atoms with Crippen LogP contribution in [0.1, 0.15) is 24.2 Å². The fourth-order valence-electron chi connectivity index (χ4n) is 2.30. The monoisotopic (exact) mass is 270 g/mol. The van der Waals surface area contributed by atoms with E-state index >= 15 is 0 Å². The molecule has 1 aromatic rings. The number of piperazine rings is 1. The van der Waals surface area contributed by atoms with Crippen molar-refractivity contribution >= 4 is 17.5 Å². The molecule has 98 valence electrons. The lowest BCUT2D eigenvalue weighted by atomic mass is 10.1. The van der Waals surface area contributed by atoms with Gasteiger partial charge in [-0.1, -0.05) is 11.6 Å². The number of carbonyl (C=O) groups is 1. The lowest BCUT2D eigenvalue weighted by Gasteiger charge is -2.36. The summed E-state index contributed by atoms with van der Waals surface area (Å²) in [6.07, 6.45) is 0. The maximum Gasteiger partial charge on any atom is 0.254 e. The topological polar surface area (TPSA) is 32.3 Å². The molecule has 18 heavy (non-hydrogen) atoms. The van der Waals surface area contributed by atoms with Crippen molar-refractivity contribution in [3.05, 3.63) is 34.6 Å². The van der Waals surface area contributed by atoms with Crippen LogP contribution in [0.25, 0.3) is 0 Å². The number of amides is 1. The van der Waals surface area contributed by atoms with Crippen LogP contribution in [0.15, 0.2) is 18.2 Å². The lowest BCUT2D eigenvalue weighted by molar-refractivity contribution is 0.0674. The fourth-order valence-corrected chi connectivity index (χ4v) is 2.48. The van der Waals surface area contributed by atoms with Crippen LogP contribution >= 0.6 is 11.6 Å². The van der Waals surface area contributed by atoms with Crippen molar-refractivity contribution in [1.29, 1.82) is 0 Å². The molecule has 1 aliphatic rings. The second-order valence-corrected chi connectivity index (χ2v) is 5.21. The minimum atomic E-state index is -0.504. The zero-order chi connectivity index (χ0) is 13.3. The highest BCUT2D eigenvalue weighted by Crippen LogP contribution is 2.18. The zero-order valence-electron chi connectivity index (χ0n) is 10.4. The highest BCUT2D eigenvalue weighted by Gasteiger charge is 2.25. The van der Waals surface area contributed by atoms with Crippen molar-refractivity contribution in [2.45, 2.75) is 25.9 Å². The van der Waals surface area contributed by atoms with Crippen LogP contribution in [0.2, 0.25) is 5.02 Å². The molecule has 2 unspecified atom stereocenters. The van der Waals surface area contributed by atoms with Crippen molar-refractivity contribution in [2.24, 2.45) is 0 Å². The molecule has 0 saturated carbocycles. The Hall–Kier alpha value is -1.13. The van der Waals surface area contributed by atoms with Crippen molar-refractivity contribution in [2.75, 3.05) is 13.1 Å². The van der Waals surface area contributed by atoms with Crippen LogP contribution in [0.4, 0.5) is 4.39 Å². The molecule has 5 heteroatoms. The molecular formula is C13H16ClFN2O. The minimum Gasteiger partial charge on any atom is -0.336 e. The third kappa shape index (κ3) is 2.82. The molecule has 0 radical (unpaired) electrons. The molecular weight excluding hydrogens is 255 g/mol. The van der Waals surface area contributed by atoms with E-state index in [0.29, 0.717) is 18.7 Å². The van der Waals surface area contributed by atoms with Gasteiger partial charge in [-0.3, -0.25) is 4.79 Å². The lowest BCUT2D eigenvalue weighted by Crippen LogP contribution is -2.55. The predicted octanol–water partition coefficient (Wildman–Crippen LogP) is 2.30. The Kier molecular flexibility index (Phi) is 3.88. The smallest absolute Gasteiger partial charge is 0.254 e. The number of hydrogen-bond donors (Lipinski definition) is 1. The first-order valence-corrected chi connectivity index (χ1v) is 6.35. The van der Waals surface area contributed by atoms with Crippen molar-refractivity contribution in [3.8, 4) is 0 Å². The van der Waals surface area contributed by atoms with E-state index in [4.69, 9.17) is 11.6 Å². The largest absolute Gasteiger partial charge is 0.336 e. The standard InChI is InChI=1S/C13H16ClFN2O/c1-8-6-17(7-9(2)16-8)13(18)10-3-4-12(15)11(14)5-10/h3-5,8-9,16H,6-7H2,1-2H3. The summed E-state index contributed by atoms with van der Waals surface area (Å²) in [4.78, 5) is 14.0.